The van der Waals surface area contributed by atoms with E-state index in [-0.39, 0.29) is 5.91 Å². The summed E-state index contributed by atoms with van der Waals surface area (Å²) in [6.45, 7) is 3.99. The number of nitrogens with zero attached hydrogens (tertiary/aromatic N) is 2. The van der Waals surface area contributed by atoms with Gasteiger partial charge in [0.2, 0.25) is 11.0 Å². The summed E-state index contributed by atoms with van der Waals surface area (Å²) in [5, 5.41) is 11.9. The topological polar surface area (TPSA) is 80.9 Å². The zero-order valence-corrected chi connectivity index (χ0v) is 9.80. The number of rotatable bonds is 5. The summed E-state index contributed by atoms with van der Waals surface area (Å²) in [6, 6.07) is -0.455. The maximum absolute atomic E-state index is 11.5. The summed E-state index contributed by atoms with van der Waals surface area (Å²) < 4.78 is 0. The number of nitrogens with two attached hydrogens (primary N) is 1. The molecule has 0 radical (unpaired) electrons. The van der Waals surface area contributed by atoms with Crippen LogP contribution < -0.4 is 11.1 Å². The van der Waals surface area contributed by atoms with Gasteiger partial charge >= 0.3 is 0 Å². The molecule has 1 aromatic heterocycles. The first kappa shape index (κ1) is 12.1. The van der Waals surface area contributed by atoms with Crippen molar-refractivity contribution in [2.24, 2.45) is 5.73 Å². The lowest BCUT2D eigenvalue weighted by Crippen LogP contribution is -2.35. The second kappa shape index (κ2) is 5.77. The lowest BCUT2D eigenvalue weighted by Gasteiger charge is -2.08. The van der Waals surface area contributed by atoms with Gasteiger partial charge in [0.25, 0.3) is 0 Å². The van der Waals surface area contributed by atoms with Crippen LogP contribution in [-0.2, 0) is 11.2 Å². The van der Waals surface area contributed by atoms with Crippen molar-refractivity contribution in [3.8, 4) is 0 Å². The number of hydrogen-bond donors (Lipinski definition) is 2. The molecular formula is C9H16N4OS. The molecule has 5 nitrogen and oxygen atoms in total. The van der Waals surface area contributed by atoms with Gasteiger partial charge < -0.3 is 5.73 Å². The first-order valence-corrected chi connectivity index (χ1v) is 5.87. The van der Waals surface area contributed by atoms with Gasteiger partial charge in [-0.15, -0.1) is 10.2 Å². The van der Waals surface area contributed by atoms with Crippen LogP contribution in [-0.4, -0.2) is 22.1 Å². The molecule has 0 aliphatic carbocycles. The van der Waals surface area contributed by atoms with Gasteiger partial charge in [0.1, 0.15) is 5.01 Å². The van der Waals surface area contributed by atoms with Gasteiger partial charge in [-0.1, -0.05) is 31.6 Å². The van der Waals surface area contributed by atoms with Crippen LogP contribution in [0.1, 0.15) is 31.7 Å². The molecule has 1 heterocycles. The monoisotopic (exact) mass is 228 g/mol. The van der Waals surface area contributed by atoms with Crippen LogP contribution in [0.4, 0.5) is 5.13 Å². The number of carbonyl (C=O) groups excluding carboxylic acids is 1. The summed E-state index contributed by atoms with van der Waals surface area (Å²) >= 11 is 1.39. The van der Waals surface area contributed by atoms with E-state index >= 15 is 0 Å². The minimum absolute atomic E-state index is 0.185. The maximum Gasteiger partial charge on any atom is 0.243 e. The third kappa shape index (κ3) is 3.56. The molecule has 0 unspecified atom stereocenters. The van der Waals surface area contributed by atoms with Crippen LogP contribution in [0.3, 0.4) is 0 Å². The normalized spacial score (nSPS) is 12.5. The number of aryl methyl sites for hydroxylation is 1. The largest absolute Gasteiger partial charge is 0.320 e. The van der Waals surface area contributed by atoms with E-state index in [4.69, 9.17) is 5.73 Å². The minimum Gasteiger partial charge on any atom is -0.320 e. The highest BCUT2D eigenvalue weighted by atomic mass is 32.1. The van der Waals surface area contributed by atoms with Crippen LogP contribution in [0.5, 0.6) is 0 Å². The molecule has 1 atom stereocenters. The Morgan fingerprint density at radius 1 is 1.53 bits per heavy atom. The van der Waals surface area contributed by atoms with Gasteiger partial charge in [0, 0.05) is 0 Å². The van der Waals surface area contributed by atoms with E-state index < -0.39 is 6.04 Å². The molecule has 0 aliphatic rings. The molecule has 0 bridgehead atoms. The van der Waals surface area contributed by atoms with Gasteiger partial charge in [-0.2, -0.15) is 0 Å². The molecule has 1 rings (SSSR count). The summed E-state index contributed by atoms with van der Waals surface area (Å²) in [4.78, 5) is 11.5. The molecule has 0 aromatic carbocycles. The zero-order chi connectivity index (χ0) is 11.3. The Hall–Kier alpha value is -1.01. The van der Waals surface area contributed by atoms with Crippen molar-refractivity contribution in [1.29, 1.82) is 0 Å². The fourth-order valence-corrected chi connectivity index (χ4v) is 1.77. The fraction of sp³-hybridized carbons (Fsp3) is 0.667. The highest BCUT2D eigenvalue weighted by molar-refractivity contribution is 7.15. The van der Waals surface area contributed by atoms with Gasteiger partial charge in [0.05, 0.1) is 6.04 Å². The SMILES string of the molecule is CCC[C@H](N)C(=O)Nc1nnc(CC)s1. The van der Waals surface area contributed by atoms with Crippen molar-refractivity contribution in [3.05, 3.63) is 5.01 Å². The van der Waals surface area contributed by atoms with E-state index in [0.29, 0.717) is 11.6 Å². The minimum atomic E-state index is -0.455. The lowest BCUT2D eigenvalue weighted by atomic mass is 10.2. The Kier molecular flexibility index (Phi) is 4.64. The molecular weight excluding hydrogens is 212 g/mol. The Morgan fingerprint density at radius 3 is 2.80 bits per heavy atom. The zero-order valence-electron chi connectivity index (χ0n) is 8.99. The van der Waals surface area contributed by atoms with Crippen molar-refractivity contribution >= 4 is 22.4 Å². The molecule has 1 amide bonds. The Bertz CT molecular complexity index is 326. The van der Waals surface area contributed by atoms with Gasteiger partial charge in [-0.25, -0.2) is 0 Å². The first-order valence-electron chi connectivity index (χ1n) is 5.06. The number of hydrogen-bond acceptors (Lipinski definition) is 5. The predicted octanol–water partition coefficient (Wildman–Crippen LogP) is 1.17. The highest BCUT2D eigenvalue weighted by Gasteiger charge is 2.14. The third-order valence-electron chi connectivity index (χ3n) is 1.94. The summed E-state index contributed by atoms with van der Waals surface area (Å²) in [6.07, 6.45) is 2.41. The number of carbonyl (C=O) groups is 1. The van der Waals surface area contributed by atoms with E-state index in [9.17, 15) is 4.79 Å². The molecule has 84 valence electrons. The van der Waals surface area contributed by atoms with Crippen LogP contribution >= 0.6 is 11.3 Å². The Morgan fingerprint density at radius 2 is 2.27 bits per heavy atom. The molecule has 0 aliphatic heterocycles. The molecule has 0 spiro atoms. The second-order valence-electron chi connectivity index (χ2n) is 3.24. The van der Waals surface area contributed by atoms with Crippen molar-refractivity contribution < 1.29 is 4.79 Å². The smallest absolute Gasteiger partial charge is 0.243 e. The average molecular weight is 228 g/mol. The molecule has 0 saturated carbocycles. The Balaban J connectivity index is 2.50. The van der Waals surface area contributed by atoms with Gasteiger partial charge in [-0.3, -0.25) is 10.1 Å². The standard InChI is InChI=1S/C9H16N4OS/c1-3-5-6(10)8(14)11-9-13-12-7(4-2)15-9/h6H,3-5,10H2,1-2H3,(H,11,13,14)/t6-/m0/s1. The summed E-state index contributed by atoms with van der Waals surface area (Å²) in [5.74, 6) is -0.185. The highest BCUT2D eigenvalue weighted by Crippen LogP contribution is 2.15. The maximum atomic E-state index is 11.5. The quantitative estimate of drug-likeness (QED) is 0.792. The van der Waals surface area contributed by atoms with E-state index in [1.165, 1.54) is 11.3 Å². The van der Waals surface area contributed by atoms with Crippen molar-refractivity contribution in [2.45, 2.75) is 39.2 Å². The third-order valence-corrected chi connectivity index (χ3v) is 2.92. The average Bonchev–Trinajstić information content (AvgIpc) is 2.66. The molecule has 3 N–H and O–H groups in total. The van der Waals surface area contributed by atoms with Crippen molar-refractivity contribution in [3.63, 3.8) is 0 Å². The van der Waals surface area contributed by atoms with Crippen LogP contribution in [0.15, 0.2) is 0 Å². The number of anilines is 1. The number of amides is 1. The molecule has 15 heavy (non-hydrogen) atoms. The van der Waals surface area contributed by atoms with Gasteiger partial charge in [-0.05, 0) is 12.8 Å². The molecule has 0 fully saturated rings. The van der Waals surface area contributed by atoms with E-state index in [1.54, 1.807) is 0 Å². The van der Waals surface area contributed by atoms with E-state index in [2.05, 4.69) is 15.5 Å². The fourth-order valence-electron chi connectivity index (χ4n) is 1.09. The second-order valence-corrected chi connectivity index (χ2v) is 4.30. The summed E-state index contributed by atoms with van der Waals surface area (Å²) in [5.41, 5.74) is 5.66. The first-order chi connectivity index (χ1) is 7.17. The molecule has 1 aromatic rings. The van der Waals surface area contributed by atoms with E-state index in [0.717, 1.165) is 17.8 Å². The Labute approximate surface area is 93.1 Å². The van der Waals surface area contributed by atoms with Crippen LogP contribution in [0.25, 0.3) is 0 Å². The van der Waals surface area contributed by atoms with E-state index in [1.807, 2.05) is 13.8 Å². The van der Waals surface area contributed by atoms with Crippen molar-refractivity contribution in [2.75, 3.05) is 5.32 Å². The van der Waals surface area contributed by atoms with Gasteiger partial charge in [0.15, 0.2) is 0 Å². The predicted molar refractivity (Wildman–Crippen MR) is 60.8 cm³/mol. The molecule has 6 heteroatoms. The molecule has 0 saturated heterocycles. The summed E-state index contributed by atoms with van der Waals surface area (Å²) in [7, 11) is 0. The number of aromatic nitrogens is 2. The van der Waals surface area contributed by atoms with Crippen LogP contribution in [0, 0.1) is 0 Å². The van der Waals surface area contributed by atoms with Crippen molar-refractivity contribution in [1.82, 2.24) is 10.2 Å². The lowest BCUT2D eigenvalue weighted by molar-refractivity contribution is -0.117. The van der Waals surface area contributed by atoms with Crippen LogP contribution in [0.2, 0.25) is 0 Å². The number of nitrogens with one attached hydrogen (secondary N) is 1.